The lowest BCUT2D eigenvalue weighted by atomic mass is 10.0. The van der Waals surface area contributed by atoms with E-state index < -0.39 is 5.91 Å². The van der Waals surface area contributed by atoms with Crippen LogP contribution >= 0.6 is 0 Å². The van der Waals surface area contributed by atoms with E-state index in [0.29, 0.717) is 22.6 Å². The molecular weight excluding hydrogens is 319 g/mol. The second kappa shape index (κ2) is 5.83. The summed E-state index contributed by atoms with van der Waals surface area (Å²) in [5.41, 5.74) is 6.84. The molecular formula is C19H13FN4O. The van der Waals surface area contributed by atoms with E-state index in [1.807, 2.05) is 12.1 Å². The van der Waals surface area contributed by atoms with Gasteiger partial charge in [-0.25, -0.2) is 9.37 Å². The van der Waals surface area contributed by atoms with Crippen molar-refractivity contribution in [2.24, 2.45) is 5.73 Å². The van der Waals surface area contributed by atoms with E-state index in [2.05, 4.69) is 15.3 Å². The lowest BCUT2D eigenvalue weighted by Gasteiger charge is -2.12. The van der Waals surface area contributed by atoms with Crippen LogP contribution in [0.3, 0.4) is 0 Å². The number of nitrogens with one attached hydrogen (secondary N) is 1. The third-order valence-corrected chi connectivity index (χ3v) is 3.98. The van der Waals surface area contributed by atoms with Gasteiger partial charge in [0.1, 0.15) is 11.6 Å². The van der Waals surface area contributed by atoms with Gasteiger partial charge in [-0.15, -0.1) is 0 Å². The summed E-state index contributed by atoms with van der Waals surface area (Å²) in [5.74, 6) is -0.406. The number of fused-ring (bicyclic) bond motifs is 3. The van der Waals surface area contributed by atoms with Crippen molar-refractivity contribution < 1.29 is 9.18 Å². The third-order valence-electron chi connectivity index (χ3n) is 3.98. The lowest BCUT2D eigenvalue weighted by molar-refractivity contribution is 0.100. The van der Waals surface area contributed by atoms with Gasteiger partial charge < -0.3 is 11.1 Å². The van der Waals surface area contributed by atoms with E-state index in [1.54, 1.807) is 36.7 Å². The topological polar surface area (TPSA) is 80.9 Å². The highest BCUT2D eigenvalue weighted by Gasteiger charge is 2.14. The van der Waals surface area contributed by atoms with E-state index in [-0.39, 0.29) is 5.82 Å². The molecule has 0 saturated heterocycles. The highest BCUT2D eigenvalue weighted by molar-refractivity contribution is 6.15. The summed E-state index contributed by atoms with van der Waals surface area (Å²) in [4.78, 5) is 20.5. The molecule has 25 heavy (non-hydrogen) atoms. The Hall–Kier alpha value is -3.54. The summed E-state index contributed by atoms with van der Waals surface area (Å²) < 4.78 is 13.5. The van der Waals surface area contributed by atoms with Gasteiger partial charge in [0.2, 0.25) is 0 Å². The normalized spacial score (nSPS) is 10.9. The van der Waals surface area contributed by atoms with Crippen LogP contribution in [0.15, 0.2) is 60.9 Å². The number of rotatable bonds is 3. The molecule has 0 atom stereocenters. The number of halogens is 1. The SMILES string of the molecule is NC(=O)c1cccc2c1nc(Nc1cccc(F)c1)c1ccncc12. The number of hydrogen-bond donors (Lipinski definition) is 2. The molecule has 0 unspecified atom stereocenters. The van der Waals surface area contributed by atoms with Gasteiger partial charge in [0.05, 0.1) is 11.1 Å². The Kier molecular flexibility index (Phi) is 3.50. The van der Waals surface area contributed by atoms with Crippen LogP contribution in [-0.4, -0.2) is 15.9 Å². The first-order valence-corrected chi connectivity index (χ1v) is 7.62. The van der Waals surface area contributed by atoms with Crippen molar-refractivity contribution in [2.75, 3.05) is 5.32 Å². The Bertz CT molecular complexity index is 1130. The summed E-state index contributed by atoms with van der Waals surface area (Å²) in [6.07, 6.45) is 3.37. The monoisotopic (exact) mass is 332 g/mol. The molecule has 122 valence electrons. The van der Waals surface area contributed by atoms with E-state index in [0.717, 1.165) is 16.2 Å². The van der Waals surface area contributed by atoms with Crippen molar-refractivity contribution in [2.45, 2.75) is 0 Å². The standard InChI is InChI=1S/C19H13FN4O/c20-11-3-1-4-12(9-11)23-19-14-7-8-22-10-16(14)13-5-2-6-15(18(21)25)17(13)24-19/h1-10H,(H2,21,25)(H,23,24). The van der Waals surface area contributed by atoms with Gasteiger partial charge in [-0.05, 0) is 30.3 Å². The Morgan fingerprint density at radius 2 is 1.88 bits per heavy atom. The van der Waals surface area contributed by atoms with Gasteiger partial charge in [-0.3, -0.25) is 9.78 Å². The first-order valence-electron chi connectivity index (χ1n) is 7.62. The number of pyridine rings is 2. The summed E-state index contributed by atoms with van der Waals surface area (Å²) in [7, 11) is 0. The maximum absolute atomic E-state index is 13.5. The molecule has 4 rings (SSSR count). The van der Waals surface area contributed by atoms with Crippen molar-refractivity contribution in [1.82, 2.24) is 9.97 Å². The number of nitrogens with zero attached hydrogens (tertiary/aromatic N) is 2. The van der Waals surface area contributed by atoms with Crippen LogP contribution < -0.4 is 11.1 Å². The van der Waals surface area contributed by atoms with E-state index in [1.165, 1.54) is 12.1 Å². The van der Waals surface area contributed by atoms with Crippen molar-refractivity contribution >= 4 is 39.1 Å². The number of carbonyl (C=O) groups is 1. The minimum Gasteiger partial charge on any atom is -0.366 e. The Balaban J connectivity index is 2.01. The molecule has 2 heterocycles. The van der Waals surface area contributed by atoms with Crippen LogP contribution in [0.2, 0.25) is 0 Å². The molecule has 0 aliphatic heterocycles. The Morgan fingerprint density at radius 3 is 2.68 bits per heavy atom. The van der Waals surface area contributed by atoms with Gasteiger partial charge >= 0.3 is 0 Å². The molecule has 2 aromatic heterocycles. The first kappa shape index (κ1) is 15.0. The number of anilines is 2. The maximum Gasteiger partial charge on any atom is 0.250 e. The van der Waals surface area contributed by atoms with Gasteiger partial charge in [0.15, 0.2) is 0 Å². The number of carbonyl (C=O) groups excluding carboxylic acids is 1. The fourth-order valence-corrected chi connectivity index (χ4v) is 2.87. The second-order valence-electron chi connectivity index (χ2n) is 5.58. The third kappa shape index (κ3) is 2.63. The zero-order chi connectivity index (χ0) is 17.4. The number of primary amides is 1. The highest BCUT2D eigenvalue weighted by Crippen LogP contribution is 2.31. The number of para-hydroxylation sites is 1. The quantitative estimate of drug-likeness (QED) is 0.560. The number of nitrogens with two attached hydrogens (primary N) is 1. The van der Waals surface area contributed by atoms with Crippen LogP contribution in [0, 0.1) is 5.82 Å². The molecule has 0 saturated carbocycles. The number of benzene rings is 2. The van der Waals surface area contributed by atoms with Gasteiger partial charge in [0.25, 0.3) is 5.91 Å². The minimum absolute atomic E-state index is 0.325. The summed E-state index contributed by atoms with van der Waals surface area (Å²) in [5, 5.41) is 5.54. The van der Waals surface area contributed by atoms with Crippen molar-refractivity contribution in [3.8, 4) is 0 Å². The van der Waals surface area contributed by atoms with Crippen LogP contribution in [0.1, 0.15) is 10.4 Å². The van der Waals surface area contributed by atoms with E-state index in [9.17, 15) is 9.18 Å². The molecule has 0 radical (unpaired) electrons. The van der Waals surface area contributed by atoms with Crippen LogP contribution in [0.5, 0.6) is 0 Å². The molecule has 0 aliphatic carbocycles. The minimum atomic E-state index is -0.557. The molecule has 5 nitrogen and oxygen atoms in total. The first-order chi connectivity index (χ1) is 12.1. The largest absolute Gasteiger partial charge is 0.366 e. The summed E-state index contributed by atoms with van der Waals surface area (Å²) in [6, 6.07) is 13.2. The molecule has 4 aromatic rings. The summed E-state index contributed by atoms with van der Waals surface area (Å²) in [6.45, 7) is 0. The molecule has 0 fully saturated rings. The van der Waals surface area contributed by atoms with Crippen LogP contribution in [0.4, 0.5) is 15.9 Å². The zero-order valence-corrected chi connectivity index (χ0v) is 13.0. The van der Waals surface area contributed by atoms with Gasteiger partial charge in [-0.2, -0.15) is 0 Å². The van der Waals surface area contributed by atoms with Crippen molar-refractivity contribution in [3.63, 3.8) is 0 Å². The molecule has 2 aromatic carbocycles. The molecule has 0 bridgehead atoms. The second-order valence-corrected chi connectivity index (χ2v) is 5.58. The number of aromatic nitrogens is 2. The average molecular weight is 332 g/mol. The van der Waals surface area contributed by atoms with E-state index in [4.69, 9.17) is 5.73 Å². The maximum atomic E-state index is 13.5. The van der Waals surface area contributed by atoms with Gasteiger partial charge in [0, 0.05) is 34.2 Å². The predicted octanol–water partition coefficient (Wildman–Crippen LogP) is 3.76. The van der Waals surface area contributed by atoms with E-state index >= 15 is 0 Å². The lowest BCUT2D eigenvalue weighted by Crippen LogP contribution is -2.12. The number of hydrogen-bond acceptors (Lipinski definition) is 4. The fourth-order valence-electron chi connectivity index (χ4n) is 2.87. The van der Waals surface area contributed by atoms with Crippen LogP contribution in [0.25, 0.3) is 21.7 Å². The Morgan fingerprint density at radius 1 is 1.04 bits per heavy atom. The molecule has 0 spiro atoms. The smallest absolute Gasteiger partial charge is 0.250 e. The Labute approximate surface area is 142 Å². The molecule has 3 N–H and O–H groups in total. The average Bonchev–Trinajstić information content (AvgIpc) is 2.61. The highest BCUT2D eigenvalue weighted by atomic mass is 19.1. The summed E-state index contributed by atoms with van der Waals surface area (Å²) >= 11 is 0. The van der Waals surface area contributed by atoms with Crippen LogP contribution in [-0.2, 0) is 0 Å². The fraction of sp³-hybridized carbons (Fsp3) is 0. The van der Waals surface area contributed by atoms with Crippen molar-refractivity contribution in [3.05, 3.63) is 72.3 Å². The number of amides is 1. The zero-order valence-electron chi connectivity index (χ0n) is 13.0. The molecule has 6 heteroatoms. The predicted molar refractivity (Wildman–Crippen MR) is 95.2 cm³/mol. The van der Waals surface area contributed by atoms with Gasteiger partial charge in [-0.1, -0.05) is 18.2 Å². The molecule has 0 aliphatic rings. The molecule has 1 amide bonds. The van der Waals surface area contributed by atoms with Crippen molar-refractivity contribution in [1.29, 1.82) is 0 Å².